The molecule has 136 valence electrons. The van der Waals surface area contributed by atoms with E-state index < -0.39 is 5.97 Å². The van der Waals surface area contributed by atoms with Gasteiger partial charge in [-0.05, 0) is 28.7 Å². The Hall–Kier alpha value is -2.95. The fourth-order valence-electron chi connectivity index (χ4n) is 2.43. The van der Waals surface area contributed by atoms with Crippen molar-refractivity contribution in [3.05, 3.63) is 71.3 Å². The highest BCUT2D eigenvalue weighted by atomic mass is 16.4. The first-order chi connectivity index (χ1) is 12.3. The van der Waals surface area contributed by atoms with Crippen molar-refractivity contribution in [1.29, 1.82) is 0 Å². The average molecular weight is 352 g/mol. The topological polar surface area (TPSA) is 78.8 Å². The minimum absolute atomic E-state index is 0.0183. The van der Waals surface area contributed by atoms with E-state index >= 15 is 0 Å². The van der Waals surface area contributed by atoms with E-state index in [0.717, 1.165) is 11.1 Å². The lowest BCUT2D eigenvalue weighted by Crippen LogP contribution is -2.21. The summed E-state index contributed by atoms with van der Waals surface area (Å²) in [6.45, 7) is 6.34. The van der Waals surface area contributed by atoms with Crippen LogP contribution in [-0.4, -0.2) is 22.7 Å². The number of hydrogen-bond acceptors (Lipinski definition) is 3. The first-order valence-electron chi connectivity index (χ1n) is 8.52. The van der Waals surface area contributed by atoms with Gasteiger partial charge in [-0.3, -0.25) is 9.59 Å². The molecule has 0 aliphatic rings. The number of amides is 1. The molecule has 0 bridgehead atoms. The van der Waals surface area contributed by atoms with Crippen LogP contribution in [0.3, 0.4) is 0 Å². The maximum Gasteiger partial charge on any atom is 0.303 e. The molecule has 5 nitrogen and oxygen atoms in total. The Balaban J connectivity index is 2.14. The van der Waals surface area contributed by atoms with E-state index in [1.165, 1.54) is 0 Å². The fraction of sp³-hybridized carbons (Fsp3) is 0.286. The van der Waals surface area contributed by atoms with E-state index in [2.05, 4.69) is 31.3 Å². The molecule has 1 amide bonds. The van der Waals surface area contributed by atoms with Gasteiger partial charge < -0.3 is 5.11 Å². The van der Waals surface area contributed by atoms with Crippen molar-refractivity contribution in [1.82, 2.24) is 5.43 Å². The number of aliphatic carboxylic acids is 1. The van der Waals surface area contributed by atoms with E-state index in [4.69, 9.17) is 5.11 Å². The molecule has 0 aliphatic carbocycles. The minimum atomic E-state index is -0.905. The Kier molecular flexibility index (Phi) is 6.28. The number of hydrogen-bond donors (Lipinski definition) is 2. The molecule has 0 radical (unpaired) electrons. The van der Waals surface area contributed by atoms with Gasteiger partial charge >= 0.3 is 5.97 Å². The summed E-state index contributed by atoms with van der Waals surface area (Å²) in [6, 6.07) is 16.6. The normalized spacial score (nSPS) is 11.9. The highest BCUT2D eigenvalue weighted by Crippen LogP contribution is 2.22. The molecule has 0 saturated heterocycles. The van der Waals surface area contributed by atoms with Crippen LogP contribution in [0, 0.1) is 0 Å². The number of hydrazone groups is 1. The Bertz CT molecular complexity index is 788. The number of carbonyl (C=O) groups excluding carboxylic acids is 1. The van der Waals surface area contributed by atoms with E-state index in [1.807, 2.05) is 42.5 Å². The van der Waals surface area contributed by atoms with Crippen LogP contribution >= 0.6 is 0 Å². The maximum atomic E-state index is 12.3. The lowest BCUT2D eigenvalue weighted by atomic mass is 9.87. The zero-order valence-corrected chi connectivity index (χ0v) is 15.3. The van der Waals surface area contributed by atoms with Gasteiger partial charge in [0.15, 0.2) is 0 Å². The summed E-state index contributed by atoms with van der Waals surface area (Å²) in [6.07, 6.45) is 0.187. The number of nitrogens with one attached hydrogen (secondary N) is 1. The van der Waals surface area contributed by atoms with Crippen LogP contribution in [0.15, 0.2) is 59.7 Å². The van der Waals surface area contributed by atoms with Crippen LogP contribution in [-0.2, 0) is 10.2 Å². The van der Waals surface area contributed by atoms with Crippen LogP contribution in [0.1, 0.15) is 55.1 Å². The Morgan fingerprint density at radius 2 is 1.54 bits per heavy atom. The van der Waals surface area contributed by atoms with E-state index in [1.54, 1.807) is 12.1 Å². The molecule has 0 fully saturated rings. The van der Waals surface area contributed by atoms with Crippen molar-refractivity contribution in [3.8, 4) is 0 Å². The molecule has 2 aromatic carbocycles. The molecule has 0 unspecified atom stereocenters. The predicted octanol–water partition coefficient (Wildman–Crippen LogP) is 3.98. The van der Waals surface area contributed by atoms with Gasteiger partial charge in [-0.15, -0.1) is 0 Å². The SMILES string of the molecule is CC(C)(C)c1ccc(C(=O)NN=C(CCC(=O)O)c2ccccc2)cc1. The number of rotatable bonds is 6. The Morgan fingerprint density at radius 1 is 0.923 bits per heavy atom. The highest BCUT2D eigenvalue weighted by Gasteiger charge is 2.14. The van der Waals surface area contributed by atoms with Gasteiger partial charge in [-0.25, -0.2) is 5.43 Å². The number of carboxylic acid groups (broad SMARTS) is 1. The third-order valence-corrected chi connectivity index (χ3v) is 3.99. The number of carboxylic acids is 1. The third kappa shape index (κ3) is 5.55. The summed E-state index contributed by atoms with van der Waals surface area (Å²) >= 11 is 0. The maximum absolute atomic E-state index is 12.3. The smallest absolute Gasteiger partial charge is 0.303 e. The van der Waals surface area contributed by atoms with Gasteiger partial charge in [-0.1, -0.05) is 63.2 Å². The zero-order valence-electron chi connectivity index (χ0n) is 15.3. The number of benzene rings is 2. The molecule has 0 atom stereocenters. The van der Waals surface area contributed by atoms with Crippen molar-refractivity contribution >= 4 is 17.6 Å². The van der Waals surface area contributed by atoms with Gasteiger partial charge in [-0.2, -0.15) is 5.10 Å². The first kappa shape index (κ1) is 19.4. The first-order valence-corrected chi connectivity index (χ1v) is 8.52. The van der Waals surface area contributed by atoms with Crippen molar-refractivity contribution in [2.75, 3.05) is 0 Å². The molecule has 2 N–H and O–H groups in total. The van der Waals surface area contributed by atoms with E-state index in [0.29, 0.717) is 11.3 Å². The number of nitrogens with zero attached hydrogens (tertiary/aromatic N) is 1. The summed E-state index contributed by atoms with van der Waals surface area (Å²) in [5.74, 6) is -1.23. The van der Waals surface area contributed by atoms with Crippen molar-refractivity contribution in [3.63, 3.8) is 0 Å². The fourth-order valence-corrected chi connectivity index (χ4v) is 2.43. The van der Waals surface area contributed by atoms with Crippen molar-refractivity contribution in [2.24, 2.45) is 5.10 Å². The molecule has 2 aromatic rings. The molecule has 2 rings (SSSR count). The second-order valence-electron chi connectivity index (χ2n) is 7.09. The largest absolute Gasteiger partial charge is 0.481 e. The lowest BCUT2D eigenvalue weighted by molar-refractivity contribution is -0.136. The minimum Gasteiger partial charge on any atom is -0.481 e. The Morgan fingerprint density at radius 3 is 2.08 bits per heavy atom. The lowest BCUT2D eigenvalue weighted by Gasteiger charge is -2.18. The molecule has 0 heterocycles. The molecule has 0 aliphatic heterocycles. The van der Waals surface area contributed by atoms with Crippen LogP contribution in [0.2, 0.25) is 0 Å². The van der Waals surface area contributed by atoms with Crippen LogP contribution in [0.5, 0.6) is 0 Å². The van der Waals surface area contributed by atoms with Gasteiger partial charge in [0.25, 0.3) is 5.91 Å². The summed E-state index contributed by atoms with van der Waals surface area (Å²) in [5.41, 5.74) is 5.53. The van der Waals surface area contributed by atoms with Gasteiger partial charge in [0.1, 0.15) is 0 Å². The number of carbonyl (C=O) groups is 2. The third-order valence-electron chi connectivity index (χ3n) is 3.99. The highest BCUT2D eigenvalue weighted by molar-refractivity contribution is 6.03. The molecule has 0 saturated carbocycles. The Labute approximate surface area is 153 Å². The quantitative estimate of drug-likeness (QED) is 0.609. The molecule has 26 heavy (non-hydrogen) atoms. The van der Waals surface area contributed by atoms with Crippen LogP contribution in [0.4, 0.5) is 0 Å². The monoisotopic (exact) mass is 352 g/mol. The zero-order chi connectivity index (χ0) is 19.2. The second kappa shape index (κ2) is 8.43. The average Bonchev–Trinajstić information content (AvgIpc) is 2.61. The predicted molar refractivity (Wildman–Crippen MR) is 102 cm³/mol. The molecule has 0 aromatic heterocycles. The van der Waals surface area contributed by atoms with Crippen molar-refractivity contribution in [2.45, 2.75) is 39.0 Å². The summed E-state index contributed by atoms with van der Waals surface area (Å²) in [7, 11) is 0. The molecule has 5 heteroatoms. The van der Waals surface area contributed by atoms with E-state index in [-0.39, 0.29) is 24.2 Å². The second-order valence-corrected chi connectivity index (χ2v) is 7.09. The van der Waals surface area contributed by atoms with Crippen molar-refractivity contribution < 1.29 is 14.7 Å². The molecule has 0 spiro atoms. The van der Waals surface area contributed by atoms with Gasteiger partial charge in [0, 0.05) is 12.0 Å². The molecular formula is C21H24N2O3. The van der Waals surface area contributed by atoms with Gasteiger partial charge in [0.2, 0.25) is 0 Å². The van der Waals surface area contributed by atoms with Gasteiger partial charge in [0.05, 0.1) is 12.1 Å². The summed E-state index contributed by atoms with van der Waals surface area (Å²) in [5, 5.41) is 13.1. The summed E-state index contributed by atoms with van der Waals surface area (Å²) < 4.78 is 0. The standard InChI is InChI=1S/C21H24N2O3/c1-21(2,3)17-11-9-16(10-12-17)20(26)23-22-18(13-14-19(24)25)15-7-5-4-6-8-15/h4-12H,13-14H2,1-3H3,(H,23,26)(H,24,25). The van der Waals surface area contributed by atoms with Crippen LogP contribution < -0.4 is 5.43 Å². The molecular weight excluding hydrogens is 328 g/mol. The summed E-state index contributed by atoms with van der Waals surface area (Å²) in [4.78, 5) is 23.2. The van der Waals surface area contributed by atoms with Crippen LogP contribution in [0.25, 0.3) is 0 Å². The van der Waals surface area contributed by atoms with E-state index in [9.17, 15) is 9.59 Å².